The molecule has 3 heterocycles. The summed E-state index contributed by atoms with van der Waals surface area (Å²) >= 11 is 1.60. The normalized spacial score (nSPS) is 22.1. The number of hydrogen-bond donors (Lipinski definition) is 2. The second-order valence-electron chi connectivity index (χ2n) is 7.55. The van der Waals surface area contributed by atoms with Crippen LogP contribution in [-0.4, -0.2) is 48.6 Å². The number of nitrogens with one attached hydrogen (secondary N) is 2. The first-order chi connectivity index (χ1) is 12.4. The molecule has 26 heavy (non-hydrogen) atoms. The van der Waals surface area contributed by atoms with Gasteiger partial charge in [-0.05, 0) is 32.9 Å². The number of amides is 1. The van der Waals surface area contributed by atoms with E-state index in [-0.39, 0.29) is 12.1 Å². The highest BCUT2D eigenvalue weighted by Crippen LogP contribution is 2.36. The summed E-state index contributed by atoms with van der Waals surface area (Å²) in [5.74, 6) is 0.933. The Morgan fingerprint density at radius 2 is 2.12 bits per heavy atom. The first-order valence-electron chi connectivity index (χ1n) is 8.78. The molecule has 0 bridgehead atoms. The highest BCUT2D eigenvalue weighted by atomic mass is 32.1. The fourth-order valence-corrected chi connectivity index (χ4v) is 4.14. The Balaban J connectivity index is 1.46. The fourth-order valence-electron chi connectivity index (χ4n) is 3.19. The number of hydrogen-bond acceptors (Lipinski definition) is 7. The summed E-state index contributed by atoms with van der Waals surface area (Å²) in [5.41, 5.74) is 1.66. The van der Waals surface area contributed by atoms with Gasteiger partial charge in [0.25, 0.3) is 0 Å². The quantitative estimate of drug-likeness (QED) is 0.856. The molecule has 0 radical (unpaired) electrons. The SMILES string of the molecule is CC(C)(C)OC(=O)N[C@H]1COC[C@H]1Nc1nc2c3c(ccc2s1)OCC3. The molecule has 1 aromatic carbocycles. The van der Waals surface area contributed by atoms with Crippen LogP contribution in [-0.2, 0) is 15.9 Å². The summed E-state index contributed by atoms with van der Waals surface area (Å²) in [4.78, 5) is 16.8. The van der Waals surface area contributed by atoms with Gasteiger partial charge >= 0.3 is 6.09 Å². The van der Waals surface area contributed by atoms with E-state index in [0.29, 0.717) is 19.8 Å². The molecule has 0 unspecified atom stereocenters. The van der Waals surface area contributed by atoms with Crippen LogP contribution in [0.15, 0.2) is 12.1 Å². The zero-order valence-corrected chi connectivity index (χ0v) is 15.9. The van der Waals surface area contributed by atoms with Gasteiger partial charge in [-0.2, -0.15) is 0 Å². The van der Waals surface area contributed by atoms with Crippen molar-refractivity contribution in [2.45, 2.75) is 44.9 Å². The lowest BCUT2D eigenvalue weighted by Crippen LogP contribution is -2.47. The number of benzene rings is 1. The first kappa shape index (κ1) is 17.4. The van der Waals surface area contributed by atoms with Crippen LogP contribution in [0.3, 0.4) is 0 Å². The smallest absolute Gasteiger partial charge is 0.408 e. The zero-order valence-electron chi connectivity index (χ0n) is 15.1. The average Bonchev–Trinajstić information content (AvgIpc) is 3.24. The largest absolute Gasteiger partial charge is 0.493 e. The number of anilines is 1. The van der Waals surface area contributed by atoms with Crippen molar-refractivity contribution in [3.05, 3.63) is 17.7 Å². The molecular formula is C18H23N3O4S. The summed E-state index contributed by atoms with van der Waals surface area (Å²) in [7, 11) is 0. The number of rotatable bonds is 3. The molecule has 1 fully saturated rings. The number of carbonyl (C=O) groups excluding carboxylic acids is 1. The van der Waals surface area contributed by atoms with Gasteiger partial charge in [-0.1, -0.05) is 11.3 Å². The minimum atomic E-state index is -0.526. The molecule has 2 atom stereocenters. The molecule has 1 amide bonds. The van der Waals surface area contributed by atoms with Gasteiger partial charge < -0.3 is 24.8 Å². The lowest BCUT2D eigenvalue weighted by Gasteiger charge is -2.24. The predicted octanol–water partition coefficient (Wildman–Crippen LogP) is 2.94. The topological polar surface area (TPSA) is 81.7 Å². The minimum absolute atomic E-state index is 0.0487. The molecule has 2 N–H and O–H groups in total. The molecule has 0 saturated carbocycles. The maximum atomic E-state index is 12.0. The highest BCUT2D eigenvalue weighted by molar-refractivity contribution is 7.22. The summed E-state index contributed by atoms with van der Waals surface area (Å²) in [6.07, 6.45) is 0.463. The van der Waals surface area contributed by atoms with Crippen LogP contribution >= 0.6 is 11.3 Å². The molecule has 4 rings (SSSR count). The van der Waals surface area contributed by atoms with E-state index in [1.165, 1.54) is 5.56 Å². The van der Waals surface area contributed by atoms with Crippen LogP contribution < -0.4 is 15.4 Å². The van der Waals surface area contributed by atoms with E-state index >= 15 is 0 Å². The van der Waals surface area contributed by atoms with Gasteiger partial charge in [0.05, 0.1) is 42.1 Å². The average molecular weight is 377 g/mol. The maximum absolute atomic E-state index is 12.0. The van der Waals surface area contributed by atoms with E-state index in [1.807, 2.05) is 32.9 Å². The van der Waals surface area contributed by atoms with Crippen molar-refractivity contribution in [2.24, 2.45) is 0 Å². The van der Waals surface area contributed by atoms with E-state index in [4.69, 9.17) is 19.2 Å². The minimum Gasteiger partial charge on any atom is -0.493 e. The van der Waals surface area contributed by atoms with Gasteiger partial charge in [0.15, 0.2) is 5.13 Å². The Hall–Kier alpha value is -2.06. The van der Waals surface area contributed by atoms with Crippen LogP contribution in [0.2, 0.25) is 0 Å². The predicted molar refractivity (Wildman–Crippen MR) is 100 cm³/mol. The molecule has 2 aliphatic heterocycles. The second kappa shape index (κ2) is 6.59. The Morgan fingerprint density at radius 1 is 1.31 bits per heavy atom. The van der Waals surface area contributed by atoms with E-state index in [1.54, 1.807) is 11.3 Å². The van der Waals surface area contributed by atoms with Crippen molar-refractivity contribution < 1.29 is 19.0 Å². The Morgan fingerprint density at radius 3 is 2.92 bits per heavy atom. The van der Waals surface area contributed by atoms with Gasteiger partial charge in [0.2, 0.25) is 0 Å². The van der Waals surface area contributed by atoms with Crippen molar-refractivity contribution in [1.82, 2.24) is 10.3 Å². The van der Waals surface area contributed by atoms with Crippen LogP contribution in [0.4, 0.5) is 9.93 Å². The summed E-state index contributed by atoms with van der Waals surface area (Å²) in [5, 5.41) is 7.13. The molecule has 7 nitrogen and oxygen atoms in total. The van der Waals surface area contributed by atoms with E-state index in [0.717, 1.165) is 27.5 Å². The number of fused-ring (bicyclic) bond motifs is 3. The van der Waals surface area contributed by atoms with Gasteiger partial charge in [-0.15, -0.1) is 0 Å². The number of nitrogens with zero attached hydrogens (tertiary/aromatic N) is 1. The molecular weight excluding hydrogens is 354 g/mol. The molecule has 0 spiro atoms. The van der Waals surface area contributed by atoms with Crippen molar-refractivity contribution in [3.8, 4) is 5.75 Å². The molecule has 2 aromatic rings. The van der Waals surface area contributed by atoms with Crippen LogP contribution in [0.5, 0.6) is 5.75 Å². The number of thiazole rings is 1. The number of ether oxygens (including phenoxy) is 3. The van der Waals surface area contributed by atoms with E-state index in [2.05, 4.69) is 10.6 Å². The maximum Gasteiger partial charge on any atom is 0.408 e. The second-order valence-corrected chi connectivity index (χ2v) is 8.58. The standard InChI is InChI=1S/C18H23N3O4S/c1-18(2,3)25-17(22)20-12-9-23-8-11(12)19-16-21-15-10-6-7-24-13(10)4-5-14(15)26-16/h4-5,11-12H,6-9H2,1-3H3,(H,19,21)(H,20,22)/t11-,12+/m1/s1. The third kappa shape index (κ3) is 3.57. The first-order valence-corrected chi connectivity index (χ1v) is 9.60. The van der Waals surface area contributed by atoms with Crippen molar-refractivity contribution in [3.63, 3.8) is 0 Å². The third-order valence-corrected chi connectivity index (χ3v) is 5.28. The Kier molecular flexibility index (Phi) is 4.40. The third-order valence-electron chi connectivity index (χ3n) is 4.32. The monoisotopic (exact) mass is 377 g/mol. The van der Waals surface area contributed by atoms with Gasteiger partial charge in [0, 0.05) is 12.0 Å². The number of alkyl carbamates (subject to hydrolysis) is 1. The number of carbonyl (C=O) groups is 1. The Bertz CT molecular complexity index is 830. The molecule has 1 saturated heterocycles. The van der Waals surface area contributed by atoms with Crippen LogP contribution in [0.1, 0.15) is 26.3 Å². The van der Waals surface area contributed by atoms with Gasteiger partial charge in [-0.3, -0.25) is 0 Å². The van der Waals surface area contributed by atoms with Gasteiger partial charge in [-0.25, -0.2) is 9.78 Å². The molecule has 0 aliphatic carbocycles. The van der Waals surface area contributed by atoms with Crippen LogP contribution in [0, 0.1) is 0 Å². The molecule has 2 aliphatic rings. The lowest BCUT2D eigenvalue weighted by atomic mass is 10.1. The lowest BCUT2D eigenvalue weighted by molar-refractivity contribution is 0.0497. The van der Waals surface area contributed by atoms with Crippen molar-refractivity contribution in [1.29, 1.82) is 0 Å². The van der Waals surface area contributed by atoms with E-state index in [9.17, 15) is 4.79 Å². The molecule has 140 valence electrons. The molecule has 1 aromatic heterocycles. The zero-order chi connectivity index (χ0) is 18.3. The van der Waals surface area contributed by atoms with Crippen molar-refractivity contribution >= 4 is 32.8 Å². The Labute approximate surface area is 156 Å². The molecule has 8 heteroatoms. The van der Waals surface area contributed by atoms with Crippen LogP contribution in [0.25, 0.3) is 10.2 Å². The van der Waals surface area contributed by atoms with Gasteiger partial charge in [0.1, 0.15) is 11.4 Å². The van der Waals surface area contributed by atoms with Crippen molar-refractivity contribution in [2.75, 3.05) is 25.1 Å². The highest BCUT2D eigenvalue weighted by Gasteiger charge is 2.32. The summed E-state index contributed by atoms with van der Waals surface area (Å²) < 4.78 is 17.6. The number of aromatic nitrogens is 1. The summed E-state index contributed by atoms with van der Waals surface area (Å²) in [6, 6.07) is 3.85. The summed E-state index contributed by atoms with van der Waals surface area (Å²) in [6.45, 7) is 7.21. The van der Waals surface area contributed by atoms with E-state index < -0.39 is 11.7 Å². The fraction of sp³-hybridized carbons (Fsp3) is 0.556.